The summed E-state index contributed by atoms with van der Waals surface area (Å²) < 4.78 is 5.26. The number of rotatable bonds is 5. The minimum atomic E-state index is -0.584. The van der Waals surface area contributed by atoms with Crippen LogP contribution in [0.4, 0.5) is 5.69 Å². The average Bonchev–Trinajstić information content (AvgIpc) is 2.62. The van der Waals surface area contributed by atoms with Crippen molar-refractivity contribution in [1.29, 1.82) is 5.26 Å². The zero-order valence-electron chi connectivity index (χ0n) is 12.9. The van der Waals surface area contributed by atoms with Crippen LogP contribution in [-0.4, -0.2) is 12.5 Å². The van der Waals surface area contributed by atoms with Gasteiger partial charge in [0.15, 0.2) is 0 Å². The summed E-state index contributed by atoms with van der Waals surface area (Å²) in [5.41, 5.74) is 0.920. The third kappa shape index (κ3) is 5.02. The first kappa shape index (κ1) is 18.4. The number of halogens is 2. The molecular weight excluding hydrogens is 359 g/mol. The first-order valence-electron chi connectivity index (χ1n) is 7.08. The first-order valence-corrected chi connectivity index (χ1v) is 7.84. The van der Waals surface area contributed by atoms with Crippen molar-refractivity contribution in [3.63, 3.8) is 0 Å². The number of carbonyl (C=O) groups excluding carboxylic acids is 1. The Labute approximate surface area is 155 Å². The summed E-state index contributed by atoms with van der Waals surface area (Å²) in [5, 5.41) is 12.3. The predicted molar refractivity (Wildman–Crippen MR) is 99.5 cm³/mol. The lowest BCUT2D eigenvalue weighted by Gasteiger charge is -2.07. The summed E-state index contributed by atoms with van der Waals surface area (Å²) >= 11 is 11.9. The van der Waals surface area contributed by atoms with E-state index in [9.17, 15) is 10.1 Å². The smallest absolute Gasteiger partial charge is 0.266 e. The van der Waals surface area contributed by atoms with Crippen LogP contribution in [0.25, 0.3) is 6.08 Å². The standard InChI is InChI=1S/C19H12Cl2N2O2/c1-2-10-25-15-8-6-13(7-9-15)11-14(12-22)19(24)23-17-5-3-4-16(20)18(17)21/h1,3-9,11H,10H2,(H,23,24)/b14-11-. The van der Waals surface area contributed by atoms with E-state index in [-0.39, 0.29) is 17.2 Å². The highest BCUT2D eigenvalue weighted by atomic mass is 35.5. The first-order chi connectivity index (χ1) is 12.0. The summed E-state index contributed by atoms with van der Waals surface area (Å²) in [6.45, 7) is 0.168. The van der Waals surface area contributed by atoms with E-state index in [0.717, 1.165) is 0 Å². The molecule has 0 radical (unpaired) electrons. The molecule has 2 aromatic carbocycles. The Morgan fingerprint density at radius 1 is 1.24 bits per heavy atom. The van der Waals surface area contributed by atoms with E-state index in [4.69, 9.17) is 34.4 Å². The second-order valence-electron chi connectivity index (χ2n) is 4.79. The fraction of sp³-hybridized carbons (Fsp3) is 0.0526. The summed E-state index contributed by atoms with van der Waals surface area (Å²) in [5.74, 6) is 2.39. The normalized spacial score (nSPS) is 10.5. The fourth-order valence-corrected chi connectivity index (χ4v) is 2.24. The van der Waals surface area contributed by atoms with Gasteiger partial charge in [0.2, 0.25) is 0 Å². The molecule has 1 N–H and O–H groups in total. The van der Waals surface area contributed by atoms with Crippen LogP contribution in [0.2, 0.25) is 10.0 Å². The highest BCUT2D eigenvalue weighted by molar-refractivity contribution is 6.44. The van der Waals surface area contributed by atoms with Gasteiger partial charge in [-0.05, 0) is 35.9 Å². The van der Waals surface area contributed by atoms with Gasteiger partial charge in [-0.25, -0.2) is 0 Å². The second kappa shape index (κ2) is 8.80. The molecule has 0 saturated carbocycles. The Balaban J connectivity index is 2.16. The van der Waals surface area contributed by atoms with Gasteiger partial charge in [-0.15, -0.1) is 6.42 Å². The summed E-state index contributed by atoms with van der Waals surface area (Å²) in [7, 11) is 0. The number of amides is 1. The van der Waals surface area contributed by atoms with E-state index < -0.39 is 5.91 Å². The van der Waals surface area contributed by atoms with E-state index in [1.165, 1.54) is 6.08 Å². The molecule has 0 saturated heterocycles. The topological polar surface area (TPSA) is 62.1 Å². The highest BCUT2D eigenvalue weighted by Gasteiger charge is 2.12. The second-order valence-corrected chi connectivity index (χ2v) is 5.57. The molecule has 0 fully saturated rings. The van der Waals surface area contributed by atoms with Crippen molar-refractivity contribution >= 4 is 40.9 Å². The van der Waals surface area contributed by atoms with Crippen molar-refractivity contribution in [1.82, 2.24) is 0 Å². The van der Waals surface area contributed by atoms with E-state index in [0.29, 0.717) is 22.0 Å². The molecule has 0 unspecified atom stereocenters. The zero-order chi connectivity index (χ0) is 18.2. The molecule has 4 nitrogen and oxygen atoms in total. The molecular formula is C19H12Cl2N2O2. The van der Waals surface area contributed by atoms with Crippen molar-refractivity contribution < 1.29 is 9.53 Å². The Kier molecular flexibility index (Phi) is 6.48. The monoisotopic (exact) mass is 370 g/mol. The van der Waals surface area contributed by atoms with E-state index in [1.54, 1.807) is 42.5 Å². The summed E-state index contributed by atoms with van der Waals surface area (Å²) in [4.78, 5) is 12.3. The number of hydrogen-bond donors (Lipinski definition) is 1. The van der Waals surface area contributed by atoms with E-state index >= 15 is 0 Å². The molecule has 1 amide bonds. The number of nitriles is 1. The van der Waals surface area contributed by atoms with Gasteiger partial charge in [-0.1, -0.05) is 47.3 Å². The van der Waals surface area contributed by atoms with Crippen molar-refractivity contribution in [2.45, 2.75) is 0 Å². The van der Waals surface area contributed by atoms with Gasteiger partial charge in [0, 0.05) is 0 Å². The molecule has 0 bridgehead atoms. The maximum Gasteiger partial charge on any atom is 0.266 e. The van der Waals surface area contributed by atoms with Crippen molar-refractivity contribution in [3.8, 4) is 24.2 Å². The minimum Gasteiger partial charge on any atom is -0.481 e. The number of nitrogens with zero attached hydrogens (tertiary/aromatic N) is 1. The molecule has 0 atom stereocenters. The number of nitrogens with one attached hydrogen (secondary N) is 1. The Bertz CT molecular complexity index is 891. The molecule has 0 aromatic heterocycles. The molecule has 2 aromatic rings. The van der Waals surface area contributed by atoms with Gasteiger partial charge in [0.1, 0.15) is 24.0 Å². The van der Waals surface area contributed by atoms with Crippen LogP contribution >= 0.6 is 23.2 Å². The lowest BCUT2D eigenvalue weighted by Crippen LogP contribution is -2.13. The van der Waals surface area contributed by atoms with Gasteiger partial charge in [-0.2, -0.15) is 5.26 Å². The lowest BCUT2D eigenvalue weighted by molar-refractivity contribution is -0.112. The maximum atomic E-state index is 12.3. The van der Waals surface area contributed by atoms with Gasteiger partial charge < -0.3 is 10.1 Å². The molecule has 6 heteroatoms. The number of anilines is 1. The number of terminal acetylenes is 1. The molecule has 0 heterocycles. The fourth-order valence-electron chi connectivity index (χ4n) is 1.89. The highest BCUT2D eigenvalue weighted by Crippen LogP contribution is 2.29. The third-order valence-corrected chi connectivity index (χ3v) is 3.90. The van der Waals surface area contributed by atoms with Crippen molar-refractivity contribution in [2.24, 2.45) is 0 Å². The van der Waals surface area contributed by atoms with Crippen molar-refractivity contribution in [2.75, 3.05) is 11.9 Å². The Morgan fingerprint density at radius 2 is 1.96 bits per heavy atom. The maximum absolute atomic E-state index is 12.3. The SMILES string of the molecule is C#CCOc1ccc(/C=C(/C#N)C(=O)Nc2cccc(Cl)c2Cl)cc1. The Hall–Kier alpha value is -2.92. The predicted octanol–water partition coefficient (Wildman–Crippen LogP) is 4.55. The number of hydrogen-bond acceptors (Lipinski definition) is 3. The van der Waals surface area contributed by atoms with Crippen molar-refractivity contribution in [3.05, 3.63) is 63.6 Å². The molecule has 0 aliphatic heterocycles. The summed E-state index contributed by atoms with van der Waals surface area (Å²) in [6, 6.07) is 13.5. The molecule has 0 aliphatic rings. The van der Waals surface area contributed by atoms with Crippen LogP contribution in [0.5, 0.6) is 5.75 Å². The van der Waals surface area contributed by atoms with Crippen LogP contribution in [0.1, 0.15) is 5.56 Å². The molecule has 124 valence electrons. The van der Waals surface area contributed by atoms with Gasteiger partial charge in [-0.3, -0.25) is 4.79 Å². The van der Waals surface area contributed by atoms with Crippen LogP contribution in [-0.2, 0) is 4.79 Å². The molecule has 0 spiro atoms. The van der Waals surface area contributed by atoms with Gasteiger partial charge in [0.05, 0.1) is 15.7 Å². The molecule has 25 heavy (non-hydrogen) atoms. The van der Waals surface area contributed by atoms with Gasteiger partial charge in [0.25, 0.3) is 5.91 Å². The number of carbonyl (C=O) groups is 1. The summed E-state index contributed by atoms with van der Waals surface area (Å²) in [6.07, 6.45) is 6.58. The average molecular weight is 371 g/mol. The zero-order valence-corrected chi connectivity index (χ0v) is 14.4. The van der Waals surface area contributed by atoms with Crippen LogP contribution in [0.3, 0.4) is 0 Å². The quantitative estimate of drug-likeness (QED) is 0.477. The third-order valence-electron chi connectivity index (χ3n) is 3.08. The van der Waals surface area contributed by atoms with Gasteiger partial charge >= 0.3 is 0 Å². The van der Waals surface area contributed by atoms with Crippen LogP contribution < -0.4 is 10.1 Å². The van der Waals surface area contributed by atoms with Crippen LogP contribution in [0, 0.1) is 23.7 Å². The lowest BCUT2D eigenvalue weighted by atomic mass is 10.1. The number of ether oxygens (including phenoxy) is 1. The molecule has 0 aliphatic carbocycles. The van der Waals surface area contributed by atoms with E-state index in [2.05, 4.69) is 11.2 Å². The van der Waals surface area contributed by atoms with Crippen LogP contribution in [0.15, 0.2) is 48.0 Å². The van der Waals surface area contributed by atoms with E-state index in [1.807, 2.05) is 6.07 Å². The number of benzene rings is 2. The Morgan fingerprint density at radius 3 is 2.60 bits per heavy atom. The minimum absolute atomic E-state index is 0.0756. The molecule has 2 rings (SSSR count). The largest absolute Gasteiger partial charge is 0.481 e.